The molecule has 3 aromatic heterocycles. The fourth-order valence-electron chi connectivity index (χ4n) is 1.99. The van der Waals surface area contributed by atoms with Crippen LogP contribution in [-0.2, 0) is 6.42 Å². The van der Waals surface area contributed by atoms with E-state index in [0.29, 0.717) is 41.0 Å². The molecule has 0 aliphatic heterocycles. The molecule has 23 heavy (non-hydrogen) atoms. The van der Waals surface area contributed by atoms with E-state index in [2.05, 4.69) is 31.1 Å². The lowest BCUT2D eigenvalue weighted by molar-refractivity contribution is 0.387. The number of furan rings is 1. The molecule has 0 atom stereocenters. The van der Waals surface area contributed by atoms with E-state index >= 15 is 0 Å². The van der Waals surface area contributed by atoms with E-state index in [0.717, 1.165) is 0 Å². The Kier molecular flexibility index (Phi) is 4.16. The maximum atomic E-state index is 9.24. The van der Waals surface area contributed by atoms with E-state index in [1.807, 2.05) is 6.07 Å². The third-order valence-corrected chi connectivity index (χ3v) is 3.51. The minimum Gasteiger partial charge on any atom is -0.444 e. The summed E-state index contributed by atoms with van der Waals surface area (Å²) in [4.78, 5) is 10.1. The molecule has 3 heterocycles. The lowest BCUT2D eigenvalue weighted by Crippen LogP contribution is -2.21. The molecular weight excluding hydrogens is 366 g/mol. The molecule has 0 aliphatic rings. The van der Waals surface area contributed by atoms with Gasteiger partial charge >= 0.3 is 0 Å². The van der Waals surface area contributed by atoms with Gasteiger partial charge in [0.15, 0.2) is 16.3 Å². The Hall–Kier alpha value is -2.60. The number of aromatic nitrogens is 3. The van der Waals surface area contributed by atoms with E-state index in [1.54, 1.807) is 31.0 Å². The monoisotopic (exact) mass is 377 g/mol. The molecule has 0 amide bonds. The summed E-state index contributed by atoms with van der Waals surface area (Å²) in [6.07, 6.45) is 0.557. The zero-order chi connectivity index (χ0) is 16.4. The van der Waals surface area contributed by atoms with Crippen LogP contribution >= 0.6 is 15.9 Å². The molecule has 9 heteroatoms. The second-order valence-electron chi connectivity index (χ2n) is 4.79. The van der Waals surface area contributed by atoms with Crippen molar-refractivity contribution in [2.45, 2.75) is 13.3 Å². The second-order valence-corrected chi connectivity index (χ2v) is 5.57. The molecule has 0 aromatic carbocycles. The summed E-state index contributed by atoms with van der Waals surface area (Å²) in [7, 11) is 1.80. The molecule has 0 saturated heterocycles. The maximum Gasteiger partial charge on any atom is 0.266 e. The van der Waals surface area contributed by atoms with Crippen molar-refractivity contribution >= 4 is 21.8 Å². The number of hydrogen-bond donors (Lipinski definition) is 0. The van der Waals surface area contributed by atoms with Gasteiger partial charge in [-0.3, -0.25) is 0 Å². The van der Waals surface area contributed by atoms with Crippen LogP contribution in [0.2, 0.25) is 0 Å². The highest BCUT2D eigenvalue weighted by Crippen LogP contribution is 2.30. The summed E-state index contributed by atoms with van der Waals surface area (Å²) in [5.74, 6) is 2.19. The summed E-state index contributed by atoms with van der Waals surface area (Å²) in [5.41, 5.74) is 0.194. The van der Waals surface area contributed by atoms with E-state index in [9.17, 15) is 5.26 Å². The fourth-order valence-corrected chi connectivity index (χ4v) is 2.30. The fraction of sp³-hybridized carbons (Fsp3) is 0.286. The molecule has 0 N–H and O–H groups in total. The van der Waals surface area contributed by atoms with Gasteiger partial charge in [0.25, 0.3) is 5.89 Å². The molecule has 0 spiro atoms. The lowest BCUT2D eigenvalue weighted by atomic mass is 10.3. The Morgan fingerprint density at radius 3 is 2.74 bits per heavy atom. The van der Waals surface area contributed by atoms with Gasteiger partial charge in [-0.1, -0.05) is 5.16 Å². The van der Waals surface area contributed by atoms with Gasteiger partial charge in [0.1, 0.15) is 6.07 Å². The van der Waals surface area contributed by atoms with E-state index in [4.69, 9.17) is 13.4 Å². The van der Waals surface area contributed by atoms with Crippen LogP contribution in [-0.4, -0.2) is 28.7 Å². The second kappa shape index (κ2) is 6.26. The minimum atomic E-state index is 0.194. The van der Waals surface area contributed by atoms with Gasteiger partial charge in [0.2, 0.25) is 17.5 Å². The van der Waals surface area contributed by atoms with Crippen LogP contribution in [0.4, 0.5) is 5.88 Å². The zero-order valence-corrected chi connectivity index (χ0v) is 14.0. The number of nitrogens with zero attached hydrogens (tertiary/aromatic N) is 5. The normalized spacial score (nSPS) is 10.7. The van der Waals surface area contributed by atoms with Gasteiger partial charge in [0.05, 0.1) is 0 Å². The smallest absolute Gasteiger partial charge is 0.266 e. The van der Waals surface area contributed by atoms with Crippen molar-refractivity contribution in [3.05, 3.63) is 34.2 Å². The van der Waals surface area contributed by atoms with Crippen molar-refractivity contribution in [3.63, 3.8) is 0 Å². The quantitative estimate of drug-likeness (QED) is 0.667. The zero-order valence-electron chi connectivity index (χ0n) is 12.4. The third kappa shape index (κ3) is 3.27. The predicted molar refractivity (Wildman–Crippen MR) is 82.6 cm³/mol. The average molecular weight is 378 g/mol. The number of nitriles is 1. The first-order valence-electron chi connectivity index (χ1n) is 6.74. The lowest BCUT2D eigenvalue weighted by Gasteiger charge is -2.14. The Balaban J connectivity index is 1.78. The van der Waals surface area contributed by atoms with Crippen molar-refractivity contribution in [2.75, 3.05) is 18.5 Å². The Morgan fingerprint density at radius 1 is 1.30 bits per heavy atom. The number of rotatable bonds is 5. The van der Waals surface area contributed by atoms with E-state index < -0.39 is 0 Å². The topological polar surface area (TPSA) is 105 Å². The predicted octanol–water partition coefficient (Wildman–Crippen LogP) is 2.94. The van der Waals surface area contributed by atoms with Gasteiger partial charge in [0, 0.05) is 26.9 Å². The molecule has 0 bridgehead atoms. The van der Waals surface area contributed by atoms with Gasteiger partial charge in [-0.15, -0.1) is 0 Å². The van der Waals surface area contributed by atoms with Gasteiger partial charge < -0.3 is 18.3 Å². The van der Waals surface area contributed by atoms with Crippen molar-refractivity contribution in [2.24, 2.45) is 0 Å². The molecular formula is C14H12BrN5O3. The number of oxazole rings is 1. The first kappa shape index (κ1) is 15.3. The van der Waals surface area contributed by atoms with Crippen LogP contribution in [0.1, 0.15) is 17.4 Å². The number of aryl methyl sites for hydroxylation is 1. The van der Waals surface area contributed by atoms with Crippen molar-refractivity contribution in [1.29, 1.82) is 5.26 Å². The minimum absolute atomic E-state index is 0.194. The standard InChI is InChI=1S/C14H12BrN5O3/c1-8-17-12(19-23-8)5-6-20(2)14-9(7-16)18-13(22-14)10-3-4-11(15)21-10/h3-4H,5-6H2,1-2H3. The maximum absolute atomic E-state index is 9.24. The molecule has 0 aliphatic carbocycles. The van der Waals surface area contributed by atoms with Crippen molar-refractivity contribution < 1.29 is 13.4 Å². The number of halogens is 1. The number of hydrogen-bond acceptors (Lipinski definition) is 8. The average Bonchev–Trinajstić information content (AvgIpc) is 3.23. The number of likely N-dealkylation sites (N-methyl/N-ethyl adjacent to an activating group) is 1. The summed E-state index contributed by atoms with van der Waals surface area (Å²) in [5, 5.41) is 13.1. The van der Waals surface area contributed by atoms with Crippen molar-refractivity contribution in [1.82, 2.24) is 15.1 Å². The highest BCUT2D eigenvalue weighted by atomic mass is 79.9. The van der Waals surface area contributed by atoms with E-state index in [1.165, 1.54) is 0 Å². The van der Waals surface area contributed by atoms with Crippen molar-refractivity contribution in [3.8, 4) is 17.7 Å². The van der Waals surface area contributed by atoms with Crippen LogP contribution in [0.25, 0.3) is 11.7 Å². The third-order valence-electron chi connectivity index (χ3n) is 3.09. The Bertz CT molecular complexity index is 860. The SMILES string of the molecule is Cc1nc(CCN(C)c2oc(-c3ccc(Br)o3)nc2C#N)no1. The highest BCUT2D eigenvalue weighted by Gasteiger charge is 2.20. The summed E-state index contributed by atoms with van der Waals surface area (Å²) < 4.78 is 16.6. The molecule has 3 rings (SSSR count). The highest BCUT2D eigenvalue weighted by molar-refractivity contribution is 9.10. The molecule has 3 aromatic rings. The van der Waals surface area contributed by atoms with Crippen LogP contribution < -0.4 is 4.90 Å². The molecule has 118 valence electrons. The van der Waals surface area contributed by atoms with Crippen LogP contribution in [0.15, 0.2) is 30.2 Å². The van der Waals surface area contributed by atoms with Gasteiger partial charge in [-0.25, -0.2) is 0 Å². The van der Waals surface area contributed by atoms with Gasteiger partial charge in [-0.2, -0.15) is 15.2 Å². The van der Waals surface area contributed by atoms with Gasteiger partial charge in [-0.05, 0) is 28.1 Å². The van der Waals surface area contributed by atoms with Crippen LogP contribution in [0, 0.1) is 18.3 Å². The summed E-state index contributed by atoms with van der Waals surface area (Å²) >= 11 is 3.22. The molecule has 0 fully saturated rings. The molecule has 0 saturated carbocycles. The molecule has 0 radical (unpaired) electrons. The largest absolute Gasteiger partial charge is 0.444 e. The first-order valence-corrected chi connectivity index (χ1v) is 7.53. The first-order chi connectivity index (χ1) is 11.1. The summed E-state index contributed by atoms with van der Waals surface area (Å²) in [6, 6.07) is 5.47. The van der Waals surface area contributed by atoms with Crippen LogP contribution in [0.5, 0.6) is 0 Å². The summed E-state index contributed by atoms with van der Waals surface area (Å²) in [6.45, 7) is 2.28. The van der Waals surface area contributed by atoms with Crippen LogP contribution in [0.3, 0.4) is 0 Å². The molecule has 8 nitrogen and oxygen atoms in total. The number of anilines is 1. The Morgan fingerprint density at radius 2 is 2.13 bits per heavy atom. The van der Waals surface area contributed by atoms with E-state index in [-0.39, 0.29) is 11.6 Å². The molecule has 0 unspecified atom stereocenters. The Labute approximate surface area is 139 Å².